The number of fused-ring (bicyclic) bond motifs is 1. The van der Waals surface area contributed by atoms with Crippen molar-refractivity contribution in [2.24, 2.45) is 0 Å². The van der Waals surface area contributed by atoms with Crippen LogP contribution in [0.1, 0.15) is 24.3 Å². The molecular formula is C12H14FNO2. The van der Waals surface area contributed by atoms with E-state index in [-0.39, 0.29) is 17.7 Å². The first-order chi connectivity index (χ1) is 7.70. The first kappa shape index (κ1) is 10.9. The summed E-state index contributed by atoms with van der Waals surface area (Å²) in [4.78, 5) is 11.2. The fourth-order valence-electron chi connectivity index (χ4n) is 2.07. The molecule has 2 rings (SSSR count). The highest BCUT2D eigenvalue weighted by Gasteiger charge is 2.22. The van der Waals surface area contributed by atoms with Crippen LogP contribution in [0.15, 0.2) is 18.2 Å². The van der Waals surface area contributed by atoms with Crippen molar-refractivity contribution in [2.75, 3.05) is 19.0 Å². The van der Waals surface area contributed by atoms with E-state index in [1.165, 1.54) is 19.2 Å². The van der Waals surface area contributed by atoms with Crippen LogP contribution in [0.5, 0.6) is 0 Å². The number of rotatable bonds is 2. The van der Waals surface area contributed by atoms with Crippen LogP contribution in [0.4, 0.5) is 10.1 Å². The van der Waals surface area contributed by atoms with Gasteiger partial charge >= 0.3 is 5.97 Å². The Kier molecular flexibility index (Phi) is 3.08. The maximum atomic E-state index is 13.0. The van der Waals surface area contributed by atoms with E-state index in [2.05, 4.69) is 10.1 Å². The van der Waals surface area contributed by atoms with E-state index in [0.29, 0.717) is 6.42 Å². The number of nitrogens with one attached hydrogen (secondary N) is 1. The topological polar surface area (TPSA) is 38.3 Å². The molecule has 1 heterocycles. The van der Waals surface area contributed by atoms with Gasteiger partial charge in [-0.05, 0) is 30.0 Å². The van der Waals surface area contributed by atoms with Crippen LogP contribution >= 0.6 is 0 Å². The van der Waals surface area contributed by atoms with Gasteiger partial charge in [0.2, 0.25) is 0 Å². The van der Waals surface area contributed by atoms with Gasteiger partial charge < -0.3 is 10.1 Å². The smallest absolute Gasteiger partial charge is 0.306 e. The Morgan fingerprint density at radius 2 is 2.44 bits per heavy atom. The lowest BCUT2D eigenvalue weighted by atomic mass is 9.88. The minimum atomic E-state index is -0.259. The summed E-state index contributed by atoms with van der Waals surface area (Å²) >= 11 is 0. The van der Waals surface area contributed by atoms with Crippen molar-refractivity contribution in [3.8, 4) is 0 Å². The molecule has 0 fully saturated rings. The van der Waals surface area contributed by atoms with Crippen LogP contribution in [-0.4, -0.2) is 19.6 Å². The number of hydrogen-bond donors (Lipinski definition) is 1. The normalized spacial score (nSPS) is 18.5. The van der Waals surface area contributed by atoms with E-state index < -0.39 is 0 Å². The van der Waals surface area contributed by atoms with Gasteiger partial charge in [-0.2, -0.15) is 0 Å². The number of esters is 1. The molecule has 0 saturated heterocycles. The molecule has 1 unspecified atom stereocenters. The van der Waals surface area contributed by atoms with Gasteiger partial charge in [-0.25, -0.2) is 4.39 Å². The largest absolute Gasteiger partial charge is 0.469 e. The number of carbonyl (C=O) groups excluding carboxylic acids is 1. The number of anilines is 1. The third-order valence-electron chi connectivity index (χ3n) is 2.90. The van der Waals surface area contributed by atoms with Crippen molar-refractivity contribution < 1.29 is 13.9 Å². The van der Waals surface area contributed by atoms with Gasteiger partial charge in [0.15, 0.2) is 0 Å². The zero-order chi connectivity index (χ0) is 11.5. The van der Waals surface area contributed by atoms with Crippen molar-refractivity contribution in [1.82, 2.24) is 0 Å². The Labute approximate surface area is 93.6 Å². The second kappa shape index (κ2) is 4.51. The Morgan fingerprint density at radius 3 is 3.19 bits per heavy atom. The molecule has 1 aliphatic rings. The van der Waals surface area contributed by atoms with Gasteiger partial charge in [0, 0.05) is 12.2 Å². The van der Waals surface area contributed by atoms with Gasteiger partial charge in [-0.3, -0.25) is 4.79 Å². The zero-order valence-electron chi connectivity index (χ0n) is 9.13. The zero-order valence-corrected chi connectivity index (χ0v) is 9.13. The van der Waals surface area contributed by atoms with Gasteiger partial charge in [0.25, 0.3) is 0 Å². The van der Waals surface area contributed by atoms with Gasteiger partial charge in [0.1, 0.15) is 5.82 Å². The second-order valence-corrected chi connectivity index (χ2v) is 3.92. The monoisotopic (exact) mass is 223 g/mol. The summed E-state index contributed by atoms with van der Waals surface area (Å²) in [6.45, 7) is 0.762. The van der Waals surface area contributed by atoms with Gasteiger partial charge in [-0.15, -0.1) is 0 Å². The number of benzene rings is 1. The third kappa shape index (κ3) is 2.15. The lowest BCUT2D eigenvalue weighted by Gasteiger charge is -2.25. The maximum Gasteiger partial charge on any atom is 0.306 e. The lowest BCUT2D eigenvalue weighted by Crippen LogP contribution is -2.19. The molecular weight excluding hydrogens is 209 g/mol. The predicted octanol–water partition coefficient (Wildman–Crippen LogP) is 2.29. The molecule has 0 saturated carbocycles. The molecule has 4 heteroatoms. The quantitative estimate of drug-likeness (QED) is 0.782. The first-order valence-electron chi connectivity index (χ1n) is 5.31. The lowest BCUT2D eigenvalue weighted by molar-refractivity contribution is -0.141. The molecule has 0 amide bonds. The standard InChI is InChI=1S/C12H14FNO2/c1-16-12(15)6-8-4-5-14-11-7-9(13)2-3-10(8)11/h2-3,7-8,14H,4-6H2,1H3. The number of halogens is 1. The van der Waals surface area contributed by atoms with E-state index in [4.69, 9.17) is 0 Å². The molecule has 0 aromatic heterocycles. The predicted molar refractivity (Wildman–Crippen MR) is 58.9 cm³/mol. The Hall–Kier alpha value is -1.58. The SMILES string of the molecule is COC(=O)CC1CCNc2cc(F)ccc21. The first-order valence-corrected chi connectivity index (χ1v) is 5.31. The molecule has 1 atom stereocenters. The molecule has 86 valence electrons. The summed E-state index contributed by atoms with van der Waals surface area (Å²) in [5.74, 6) is -0.351. The van der Waals surface area contributed by atoms with Crippen LogP contribution in [0, 0.1) is 5.82 Å². The number of hydrogen-bond acceptors (Lipinski definition) is 3. The molecule has 1 aliphatic heterocycles. The van der Waals surface area contributed by atoms with E-state index in [1.807, 2.05) is 0 Å². The summed E-state index contributed by atoms with van der Waals surface area (Å²) in [5.41, 5.74) is 1.79. The van der Waals surface area contributed by atoms with Crippen molar-refractivity contribution in [3.05, 3.63) is 29.6 Å². The van der Waals surface area contributed by atoms with E-state index in [1.54, 1.807) is 6.07 Å². The molecule has 0 bridgehead atoms. The highest BCUT2D eigenvalue weighted by atomic mass is 19.1. The van der Waals surface area contributed by atoms with Crippen LogP contribution < -0.4 is 5.32 Å². The van der Waals surface area contributed by atoms with Crippen molar-refractivity contribution >= 4 is 11.7 Å². The summed E-state index contributed by atoms with van der Waals surface area (Å²) in [6, 6.07) is 4.64. The van der Waals surface area contributed by atoms with Crippen molar-refractivity contribution in [2.45, 2.75) is 18.8 Å². The summed E-state index contributed by atoms with van der Waals surface area (Å²) < 4.78 is 17.7. The fraction of sp³-hybridized carbons (Fsp3) is 0.417. The summed E-state index contributed by atoms with van der Waals surface area (Å²) in [7, 11) is 1.38. The van der Waals surface area contributed by atoms with Crippen molar-refractivity contribution in [3.63, 3.8) is 0 Å². The van der Waals surface area contributed by atoms with Crippen LogP contribution in [0.2, 0.25) is 0 Å². The molecule has 0 spiro atoms. The minimum Gasteiger partial charge on any atom is -0.469 e. The maximum absolute atomic E-state index is 13.0. The van der Waals surface area contributed by atoms with Gasteiger partial charge in [0.05, 0.1) is 13.5 Å². The highest BCUT2D eigenvalue weighted by Crippen LogP contribution is 2.34. The van der Waals surface area contributed by atoms with Crippen molar-refractivity contribution in [1.29, 1.82) is 0 Å². The Morgan fingerprint density at radius 1 is 1.62 bits per heavy atom. The molecule has 1 N–H and O–H groups in total. The molecule has 0 aliphatic carbocycles. The van der Waals surface area contributed by atoms with Crippen LogP contribution in [0.3, 0.4) is 0 Å². The average Bonchev–Trinajstić information content (AvgIpc) is 2.28. The molecule has 1 aromatic rings. The third-order valence-corrected chi connectivity index (χ3v) is 2.90. The number of methoxy groups -OCH3 is 1. The molecule has 1 aromatic carbocycles. The fourth-order valence-corrected chi connectivity index (χ4v) is 2.07. The number of carbonyl (C=O) groups is 1. The van der Waals surface area contributed by atoms with E-state index >= 15 is 0 Å². The van der Waals surface area contributed by atoms with E-state index in [9.17, 15) is 9.18 Å². The van der Waals surface area contributed by atoms with Gasteiger partial charge in [-0.1, -0.05) is 6.07 Å². The molecule has 3 nitrogen and oxygen atoms in total. The molecule has 16 heavy (non-hydrogen) atoms. The van der Waals surface area contributed by atoms with Crippen LogP contribution in [-0.2, 0) is 9.53 Å². The highest BCUT2D eigenvalue weighted by molar-refractivity contribution is 5.71. The van der Waals surface area contributed by atoms with Crippen LogP contribution in [0.25, 0.3) is 0 Å². The summed E-state index contributed by atoms with van der Waals surface area (Å²) in [5, 5.41) is 3.13. The molecule has 0 radical (unpaired) electrons. The summed E-state index contributed by atoms with van der Waals surface area (Å²) in [6.07, 6.45) is 1.23. The average molecular weight is 223 g/mol. The Balaban J connectivity index is 2.23. The minimum absolute atomic E-state index is 0.129. The number of ether oxygens (including phenoxy) is 1. The van der Waals surface area contributed by atoms with E-state index in [0.717, 1.165) is 24.2 Å². The second-order valence-electron chi connectivity index (χ2n) is 3.92. The Bertz CT molecular complexity index is 406.